The van der Waals surface area contributed by atoms with E-state index in [2.05, 4.69) is 5.32 Å². The number of rotatable bonds is 2. The Morgan fingerprint density at radius 2 is 1.94 bits per heavy atom. The number of piperidine rings is 1. The number of hydrogen-bond acceptors (Lipinski definition) is 2. The molecule has 1 aliphatic rings. The molecule has 16 heavy (non-hydrogen) atoms. The van der Waals surface area contributed by atoms with Crippen molar-refractivity contribution in [1.29, 1.82) is 0 Å². The quantitative estimate of drug-likeness (QED) is 0.813. The van der Waals surface area contributed by atoms with Gasteiger partial charge in [0.25, 0.3) is 5.92 Å². The average molecular weight is 227 g/mol. The van der Waals surface area contributed by atoms with E-state index < -0.39 is 11.8 Å². The van der Waals surface area contributed by atoms with Crippen molar-refractivity contribution in [3.63, 3.8) is 0 Å². The Morgan fingerprint density at radius 3 is 2.50 bits per heavy atom. The van der Waals surface area contributed by atoms with E-state index in [0.29, 0.717) is 13.0 Å². The van der Waals surface area contributed by atoms with E-state index in [-0.39, 0.29) is 11.3 Å². The van der Waals surface area contributed by atoms with Crippen molar-refractivity contribution in [1.82, 2.24) is 5.32 Å². The summed E-state index contributed by atoms with van der Waals surface area (Å²) in [6.45, 7) is 1.18. The largest absolute Gasteiger partial charge is 0.508 e. The van der Waals surface area contributed by atoms with Gasteiger partial charge in [-0.15, -0.1) is 0 Å². The van der Waals surface area contributed by atoms with Crippen LogP contribution in [0.3, 0.4) is 0 Å². The Hall–Kier alpha value is -1.16. The Labute approximate surface area is 93.3 Å². The smallest absolute Gasteiger partial charge is 0.277 e. The number of benzene rings is 1. The molecule has 0 aliphatic carbocycles. The predicted molar refractivity (Wildman–Crippen MR) is 57.6 cm³/mol. The van der Waals surface area contributed by atoms with E-state index >= 15 is 0 Å². The standard InChI is InChI=1S/C12H15F2NO/c13-12(14,10-2-1-7-15-8-10)9-3-5-11(16)6-4-9/h3-6,10,15-16H,1-2,7-8H2. The molecule has 0 spiro atoms. The minimum Gasteiger partial charge on any atom is -0.508 e. The second kappa shape index (κ2) is 4.37. The van der Waals surface area contributed by atoms with Crippen molar-refractivity contribution in [3.05, 3.63) is 29.8 Å². The molecule has 0 bridgehead atoms. The molecule has 88 valence electrons. The zero-order valence-corrected chi connectivity index (χ0v) is 8.92. The maximum atomic E-state index is 14.1. The van der Waals surface area contributed by atoms with Crippen LogP contribution >= 0.6 is 0 Å². The lowest BCUT2D eigenvalue weighted by Gasteiger charge is -2.30. The van der Waals surface area contributed by atoms with Crippen LogP contribution in [0.5, 0.6) is 5.75 Å². The SMILES string of the molecule is Oc1ccc(C(F)(F)C2CCCNC2)cc1. The summed E-state index contributed by atoms with van der Waals surface area (Å²) in [6, 6.07) is 5.20. The highest BCUT2D eigenvalue weighted by atomic mass is 19.3. The average Bonchev–Trinajstić information content (AvgIpc) is 2.31. The summed E-state index contributed by atoms with van der Waals surface area (Å²) in [7, 11) is 0. The van der Waals surface area contributed by atoms with Crippen LogP contribution in [0.15, 0.2) is 24.3 Å². The normalized spacial score (nSPS) is 22.0. The fourth-order valence-electron chi connectivity index (χ4n) is 2.08. The summed E-state index contributed by atoms with van der Waals surface area (Å²) in [5.74, 6) is -3.45. The lowest BCUT2D eigenvalue weighted by Crippen LogP contribution is -2.39. The zero-order valence-electron chi connectivity index (χ0n) is 8.92. The van der Waals surface area contributed by atoms with Gasteiger partial charge < -0.3 is 10.4 Å². The van der Waals surface area contributed by atoms with Crippen molar-refractivity contribution >= 4 is 0 Å². The fraction of sp³-hybridized carbons (Fsp3) is 0.500. The summed E-state index contributed by atoms with van der Waals surface area (Å²) < 4.78 is 28.1. The van der Waals surface area contributed by atoms with Gasteiger partial charge in [-0.25, -0.2) is 8.78 Å². The molecule has 2 N–H and O–H groups in total. The number of alkyl halides is 2. The van der Waals surface area contributed by atoms with Crippen molar-refractivity contribution in [2.75, 3.05) is 13.1 Å². The highest BCUT2D eigenvalue weighted by Crippen LogP contribution is 2.39. The van der Waals surface area contributed by atoms with Gasteiger partial charge in [0, 0.05) is 18.0 Å². The third kappa shape index (κ3) is 2.16. The van der Waals surface area contributed by atoms with Crippen LogP contribution in [-0.2, 0) is 5.92 Å². The first-order chi connectivity index (χ1) is 7.60. The predicted octanol–water partition coefficient (Wildman–Crippen LogP) is 2.48. The van der Waals surface area contributed by atoms with E-state index in [4.69, 9.17) is 5.11 Å². The molecule has 1 saturated heterocycles. The van der Waals surface area contributed by atoms with E-state index in [1.54, 1.807) is 0 Å². The highest BCUT2D eigenvalue weighted by Gasteiger charge is 2.41. The number of phenols is 1. The van der Waals surface area contributed by atoms with Crippen molar-refractivity contribution in [3.8, 4) is 5.75 Å². The van der Waals surface area contributed by atoms with Crippen LogP contribution in [0.4, 0.5) is 8.78 Å². The summed E-state index contributed by atoms with van der Waals surface area (Å²) >= 11 is 0. The second-order valence-electron chi connectivity index (χ2n) is 4.21. The van der Waals surface area contributed by atoms with Gasteiger partial charge in [0.1, 0.15) is 5.75 Å². The molecule has 1 aliphatic heterocycles. The lowest BCUT2D eigenvalue weighted by molar-refractivity contribution is -0.0724. The van der Waals surface area contributed by atoms with Crippen LogP contribution in [-0.4, -0.2) is 18.2 Å². The van der Waals surface area contributed by atoms with Crippen LogP contribution < -0.4 is 5.32 Å². The molecule has 1 heterocycles. The second-order valence-corrected chi connectivity index (χ2v) is 4.21. The molecule has 0 radical (unpaired) electrons. The van der Waals surface area contributed by atoms with Crippen LogP contribution in [0, 0.1) is 5.92 Å². The lowest BCUT2D eigenvalue weighted by atomic mass is 9.88. The van der Waals surface area contributed by atoms with Gasteiger partial charge in [-0.3, -0.25) is 0 Å². The molecule has 0 aromatic heterocycles. The van der Waals surface area contributed by atoms with Gasteiger partial charge in [0.15, 0.2) is 0 Å². The summed E-state index contributed by atoms with van der Waals surface area (Å²) in [4.78, 5) is 0. The molecule has 1 fully saturated rings. The number of phenolic OH excluding ortho intramolecular Hbond substituents is 1. The van der Waals surface area contributed by atoms with Crippen molar-refractivity contribution < 1.29 is 13.9 Å². The van der Waals surface area contributed by atoms with Gasteiger partial charge in [-0.1, -0.05) is 0 Å². The molecule has 1 aromatic rings. The molecule has 1 atom stereocenters. The number of halogens is 2. The topological polar surface area (TPSA) is 32.3 Å². The molecular weight excluding hydrogens is 212 g/mol. The number of nitrogens with one attached hydrogen (secondary N) is 1. The first-order valence-electron chi connectivity index (χ1n) is 5.49. The number of aromatic hydroxyl groups is 1. The Bertz CT molecular complexity index is 345. The molecule has 2 rings (SSSR count). The minimum absolute atomic E-state index is 0.0148. The Balaban J connectivity index is 2.19. The van der Waals surface area contributed by atoms with Gasteiger partial charge in [-0.05, 0) is 43.7 Å². The van der Waals surface area contributed by atoms with Crippen molar-refractivity contribution in [2.45, 2.75) is 18.8 Å². The maximum Gasteiger partial charge on any atom is 0.277 e. The summed E-state index contributed by atoms with van der Waals surface area (Å²) in [6.07, 6.45) is 1.33. The van der Waals surface area contributed by atoms with E-state index in [1.807, 2.05) is 0 Å². The minimum atomic E-state index is -2.82. The van der Waals surface area contributed by atoms with Gasteiger partial charge in [-0.2, -0.15) is 0 Å². The molecule has 1 unspecified atom stereocenters. The van der Waals surface area contributed by atoms with Gasteiger partial charge in [0.05, 0.1) is 0 Å². The van der Waals surface area contributed by atoms with Crippen LogP contribution in [0.2, 0.25) is 0 Å². The Kier molecular flexibility index (Phi) is 3.10. The molecule has 1 aromatic carbocycles. The van der Waals surface area contributed by atoms with Gasteiger partial charge in [0.2, 0.25) is 0 Å². The molecule has 0 saturated carbocycles. The van der Waals surface area contributed by atoms with Crippen molar-refractivity contribution in [2.24, 2.45) is 5.92 Å². The highest BCUT2D eigenvalue weighted by molar-refractivity contribution is 5.29. The third-order valence-corrected chi connectivity index (χ3v) is 3.06. The van der Waals surface area contributed by atoms with Crippen LogP contribution in [0.1, 0.15) is 18.4 Å². The summed E-state index contributed by atoms with van der Waals surface area (Å²) in [5.41, 5.74) is -0.0148. The molecule has 0 amide bonds. The monoisotopic (exact) mass is 227 g/mol. The molecule has 2 nitrogen and oxygen atoms in total. The Morgan fingerprint density at radius 1 is 1.25 bits per heavy atom. The zero-order chi connectivity index (χ0) is 11.6. The van der Waals surface area contributed by atoms with E-state index in [9.17, 15) is 8.78 Å². The summed E-state index contributed by atoms with van der Waals surface area (Å²) in [5, 5.41) is 12.1. The molecular formula is C12H15F2NO. The van der Waals surface area contributed by atoms with Crippen LogP contribution in [0.25, 0.3) is 0 Å². The third-order valence-electron chi connectivity index (χ3n) is 3.06. The van der Waals surface area contributed by atoms with Gasteiger partial charge >= 0.3 is 0 Å². The van der Waals surface area contributed by atoms with E-state index in [1.165, 1.54) is 24.3 Å². The maximum absolute atomic E-state index is 14.1. The first kappa shape index (κ1) is 11.3. The fourth-order valence-corrected chi connectivity index (χ4v) is 2.08. The van der Waals surface area contributed by atoms with E-state index in [0.717, 1.165) is 13.0 Å². The first-order valence-corrected chi connectivity index (χ1v) is 5.49. The molecule has 4 heteroatoms. The number of hydrogen-bond donors (Lipinski definition) is 2.